The maximum Gasteiger partial charge on any atom is 0.282 e. The molecule has 2 aliphatic heterocycles. The molecule has 6 aromatic rings. The first kappa shape index (κ1) is 40.8. The van der Waals surface area contributed by atoms with Crippen molar-refractivity contribution in [3.05, 3.63) is 128 Å². The molecule has 3 N–H and O–H groups in total. The van der Waals surface area contributed by atoms with Gasteiger partial charge in [0.25, 0.3) is 11.1 Å². The third kappa shape index (κ3) is 7.56. The lowest BCUT2D eigenvalue weighted by Gasteiger charge is -2.31. The number of nitrogens with two attached hydrogens (primary N) is 1. The van der Waals surface area contributed by atoms with E-state index in [4.69, 9.17) is 34.4 Å². The van der Waals surface area contributed by atoms with Crippen LogP contribution in [0.3, 0.4) is 0 Å². The van der Waals surface area contributed by atoms with E-state index in [1.165, 1.54) is 0 Å². The maximum atomic E-state index is 13.9. The Morgan fingerprint density at radius 2 is 1.16 bits per heavy atom. The molecule has 1 saturated carbocycles. The van der Waals surface area contributed by atoms with Crippen LogP contribution in [0.5, 0.6) is 23.0 Å². The Morgan fingerprint density at radius 1 is 0.672 bits per heavy atom. The summed E-state index contributed by atoms with van der Waals surface area (Å²) >= 11 is 0. The molecule has 4 heterocycles. The van der Waals surface area contributed by atoms with E-state index < -0.39 is 0 Å². The molecule has 1 fully saturated rings. The van der Waals surface area contributed by atoms with Crippen LogP contribution in [-0.2, 0) is 24.1 Å². The van der Waals surface area contributed by atoms with Gasteiger partial charge in [-0.1, -0.05) is 36.4 Å². The number of nitrogen functional groups attached to an aromatic ring is 1. The van der Waals surface area contributed by atoms with E-state index in [1.54, 1.807) is 67.8 Å². The molecule has 15 nitrogen and oxygen atoms in total. The van der Waals surface area contributed by atoms with E-state index in [1.807, 2.05) is 67.7 Å². The summed E-state index contributed by atoms with van der Waals surface area (Å²) < 4.78 is 34.0. The number of rotatable bonds is 13. The van der Waals surface area contributed by atoms with Crippen LogP contribution >= 0.6 is 0 Å². The molecule has 0 amide bonds. The molecule has 0 spiro atoms. The lowest BCUT2D eigenvalue weighted by atomic mass is 9.93. The summed E-state index contributed by atoms with van der Waals surface area (Å²) in [7, 11) is 9.83. The van der Waals surface area contributed by atoms with Crippen molar-refractivity contribution < 1.29 is 23.7 Å². The number of fused-ring (bicyclic) bond motifs is 2. The second-order valence-electron chi connectivity index (χ2n) is 14.9. The van der Waals surface area contributed by atoms with Crippen LogP contribution in [0, 0.1) is 0 Å². The summed E-state index contributed by atoms with van der Waals surface area (Å²) in [6, 6.07) is 27.1. The third-order valence-corrected chi connectivity index (χ3v) is 11.4. The van der Waals surface area contributed by atoms with E-state index in [0.29, 0.717) is 83.0 Å². The van der Waals surface area contributed by atoms with Gasteiger partial charge in [0, 0.05) is 63.4 Å². The number of methoxy groups -OCH3 is 5. The van der Waals surface area contributed by atoms with Crippen molar-refractivity contribution in [2.75, 3.05) is 60.3 Å². The summed E-state index contributed by atoms with van der Waals surface area (Å²) in [4.78, 5) is 36.8. The number of benzene rings is 4. The van der Waals surface area contributed by atoms with E-state index in [2.05, 4.69) is 21.1 Å². The lowest BCUT2D eigenvalue weighted by Crippen LogP contribution is -2.29. The van der Waals surface area contributed by atoms with Crippen molar-refractivity contribution in [3.63, 3.8) is 0 Å². The topological polar surface area (TPSA) is 163 Å². The number of nitrogens with zero attached hydrogens (tertiary/aromatic N) is 6. The first-order valence-corrected chi connectivity index (χ1v) is 20.2. The quantitative estimate of drug-likeness (QED) is 0.130. The smallest absolute Gasteiger partial charge is 0.282 e. The number of hydrogen-bond acceptors (Lipinski definition) is 11. The molecule has 3 aliphatic rings. The van der Waals surface area contributed by atoms with Crippen LogP contribution in [0.25, 0.3) is 11.4 Å². The van der Waals surface area contributed by atoms with Crippen molar-refractivity contribution in [3.8, 4) is 34.4 Å². The summed E-state index contributed by atoms with van der Waals surface area (Å²) in [5, 5.41) is 3.30. The van der Waals surface area contributed by atoms with Gasteiger partial charge in [-0.3, -0.25) is 24.3 Å². The highest BCUT2D eigenvalue weighted by Gasteiger charge is 2.33. The van der Waals surface area contributed by atoms with Crippen LogP contribution in [0.15, 0.2) is 105 Å². The molecule has 15 heteroatoms. The van der Waals surface area contributed by atoms with Gasteiger partial charge < -0.3 is 34.7 Å². The Bertz CT molecular complexity index is 2740. The number of para-hydroxylation sites is 2. The molecular formula is C46H50N8O7. The van der Waals surface area contributed by atoms with Crippen molar-refractivity contribution in [1.82, 2.24) is 18.7 Å². The van der Waals surface area contributed by atoms with Crippen molar-refractivity contribution in [2.24, 2.45) is 9.98 Å². The predicted molar refractivity (Wildman–Crippen MR) is 238 cm³/mol. The molecule has 9 rings (SSSR count). The van der Waals surface area contributed by atoms with Crippen LogP contribution in [0.1, 0.15) is 47.6 Å². The number of aliphatic imine (C=N–C) groups is 2. The molecule has 0 atom stereocenters. The van der Waals surface area contributed by atoms with Gasteiger partial charge in [0.05, 0.1) is 81.8 Å². The minimum Gasteiger partial charge on any atom is -0.497 e. The molecule has 4 aromatic carbocycles. The van der Waals surface area contributed by atoms with Crippen molar-refractivity contribution >= 4 is 34.4 Å². The van der Waals surface area contributed by atoms with Gasteiger partial charge in [0.2, 0.25) is 0 Å². The van der Waals surface area contributed by atoms with Gasteiger partial charge in [0.1, 0.15) is 45.8 Å². The Morgan fingerprint density at radius 3 is 1.61 bits per heavy atom. The zero-order chi connectivity index (χ0) is 42.8. The lowest BCUT2D eigenvalue weighted by molar-refractivity contribution is 0.180. The van der Waals surface area contributed by atoms with Crippen molar-refractivity contribution in [2.45, 2.75) is 44.7 Å². The number of ether oxygens (including phenoxy) is 5. The molecule has 1 aliphatic carbocycles. The second kappa shape index (κ2) is 17.3. The van der Waals surface area contributed by atoms with Crippen LogP contribution in [0.2, 0.25) is 0 Å². The average molecular weight is 827 g/mol. The van der Waals surface area contributed by atoms with Gasteiger partial charge >= 0.3 is 0 Å². The zero-order valence-corrected chi connectivity index (χ0v) is 35.2. The van der Waals surface area contributed by atoms with E-state index in [-0.39, 0.29) is 17.2 Å². The molecule has 0 bridgehead atoms. The van der Waals surface area contributed by atoms with Crippen LogP contribution < -0.4 is 41.1 Å². The Kier molecular flexibility index (Phi) is 11.6. The zero-order valence-electron chi connectivity index (χ0n) is 35.2. The minimum atomic E-state index is -0.210. The number of aromatic nitrogens is 4. The predicted octanol–water partition coefficient (Wildman–Crippen LogP) is 6.66. The Labute approximate surface area is 353 Å². The van der Waals surface area contributed by atoms with Gasteiger partial charge in [-0.25, -0.2) is 14.0 Å². The van der Waals surface area contributed by atoms with E-state index >= 15 is 0 Å². The van der Waals surface area contributed by atoms with Gasteiger partial charge in [-0.05, 0) is 42.5 Å². The first-order chi connectivity index (χ1) is 29.7. The SMILES string of the molecule is CNc1c(C2=Nc3ccccc3C2)c(=O)n(-c2cc(OC)cc(OC)c2)n1C1CCC1.COCCn1c(=O)c(C2=Nc3ccccc3C2)c(N)n1-c1cc(OC)cc(OC)c1. The fourth-order valence-corrected chi connectivity index (χ4v) is 8.12. The normalized spacial score (nSPS) is 13.9. The standard InChI is InChI=1S/C24H26N4O3.C22H24N4O4/c1-25-23-22(21-11-15-7-4-5-10-20(15)26-21)24(29)28(27(23)16-8-6-9-16)17-12-18(30-2)14-19(13-17)31-3;1-28-9-8-25-22(27)20(19-10-14-6-4-5-7-18(14)24-19)21(23)26(25)15-11-16(29-2)13-17(12-15)30-3/h4-5,7,10,12-14,16,25H,6,8-9,11H2,1-3H3;4-7,11-13H,8-10,23H2,1-3H3. The van der Waals surface area contributed by atoms with E-state index in [0.717, 1.165) is 53.3 Å². The number of anilines is 2. The molecule has 2 aromatic heterocycles. The third-order valence-electron chi connectivity index (χ3n) is 11.4. The monoisotopic (exact) mass is 826 g/mol. The molecule has 61 heavy (non-hydrogen) atoms. The molecule has 0 unspecified atom stereocenters. The Balaban J connectivity index is 0.000000169. The van der Waals surface area contributed by atoms with Gasteiger partial charge in [-0.2, -0.15) is 0 Å². The second-order valence-corrected chi connectivity index (χ2v) is 14.9. The highest BCUT2D eigenvalue weighted by atomic mass is 16.5. The van der Waals surface area contributed by atoms with Gasteiger partial charge in [-0.15, -0.1) is 0 Å². The summed E-state index contributed by atoms with van der Waals surface area (Å²) in [6.45, 7) is 0.690. The molecule has 0 saturated heterocycles. The average Bonchev–Trinajstić information content (AvgIpc) is 4.02. The molecular weight excluding hydrogens is 777 g/mol. The molecule has 316 valence electrons. The summed E-state index contributed by atoms with van der Waals surface area (Å²) in [6.07, 6.45) is 4.44. The molecule has 0 radical (unpaired) electrons. The number of nitrogens with one attached hydrogen (secondary N) is 1. The summed E-state index contributed by atoms with van der Waals surface area (Å²) in [5.74, 6) is 3.59. The highest BCUT2D eigenvalue weighted by Crippen LogP contribution is 2.38. The van der Waals surface area contributed by atoms with E-state index in [9.17, 15) is 9.59 Å². The Hall–Kier alpha value is -7.00. The van der Waals surface area contributed by atoms with Crippen LogP contribution in [-0.4, -0.2) is 79.4 Å². The van der Waals surface area contributed by atoms with Crippen molar-refractivity contribution in [1.29, 1.82) is 0 Å². The maximum absolute atomic E-state index is 13.9. The number of hydrogen-bond donors (Lipinski definition) is 2. The largest absolute Gasteiger partial charge is 0.497 e. The fourth-order valence-electron chi connectivity index (χ4n) is 8.12. The summed E-state index contributed by atoms with van der Waals surface area (Å²) in [5.41, 5.74) is 14.1. The highest BCUT2D eigenvalue weighted by molar-refractivity contribution is 6.10. The van der Waals surface area contributed by atoms with Crippen LogP contribution in [0.4, 0.5) is 23.0 Å². The first-order valence-electron chi connectivity index (χ1n) is 20.2. The minimum absolute atomic E-state index is 0.0851. The van der Waals surface area contributed by atoms with Gasteiger partial charge in [0.15, 0.2) is 0 Å². The fraction of sp³-hybridized carbons (Fsp3) is 0.304.